The van der Waals surface area contributed by atoms with E-state index in [4.69, 9.17) is 9.47 Å². The fraction of sp³-hybridized carbons (Fsp3) is 0.522. The average molecular weight is 383 g/mol. The summed E-state index contributed by atoms with van der Waals surface area (Å²) in [5, 5.41) is 0. The zero-order valence-electron chi connectivity index (χ0n) is 16.7. The van der Waals surface area contributed by atoms with E-state index in [1.165, 1.54) is 18.4 Å². The normalized spacial score (nSPS) is 20.0. The number of amides is 1. The van der Waals surface area contributed by atoms with Crippen LogP contribution in [0.3, 0.4) is 0 Å². The van der Waals surface area contributed by atoms with Crippen LogP contribution in [-0.2, 0) is 4.74 Å². The number of nitrogens with zero attached hydrogens (tertiary/aromatic N) is 2. The summed E-state index contributed by atoms with van der Waals surface area (Å²) in [7, 11) is 0. The van der Waals surface area contributed by atoms with Crippen LogP contribution in [0.1, 0.15) is 57.1 Å². The van der Waals surface area contributed by atoms with Crippen molar-refractivity contribution in [2.75, 3.05) is 19.7 Å². The van der Waals surface area contributed by atoms with Gasteiger partial charge < -0.3 is 18.9 Å². The number of fused-ring (bicyclic) bond motifs is 1. The third-order valence-electron chi connectivity index (χ3n) is 6.04. The van der Waals surface area contributed by atoms with E-state index in [9.17, 15) is 4.79 Å². The Morgan fingerprint density at radius 2 is 1.86 bits per heavy atom. The number of aromatic nitrogens is 1. The number of carbonyl (C=O) groups excluding carboxylic acids is 1. The third-order valence-corrected chi connectivity index (χ3v) is 6.04. The molecule has 1 spiro atoms. The average Bonchev–Trinajstić information content (AvgIpc) is 3.33. The number of carbonyl (C=O) groups is 1. The molecular formula is C23H30N2O3. The van der Waals surface area contributed by atoms with Gasteiger partial charge in [0.25, 0.3) is 0 Å². The van der Waals surface area contributed by atoms with Crippen molar-refractivity contribution in [1.29, 1.82) is 0 Å². The summed E-state index contributed by atoms with van der Waals surface area (Å²) in [4.78, 5) is 14.3. The first-order valence-electron chi connectivity index (χ1n) is 10.6. The van der Waals surface area contributed by atoms with Crippen LogP contribution in [0.2, 0.25) is 0 Å². The lowest BCUT2D eigenvalue weighted by Crippen LogP contribution is -2.52. The van der Waals surface area contributed by atoms with Crippen molar-refractivity contribution in [3.05, 3.63) is 54.4 Å². The molecule has 5 heteroatoms. The van der Waals surface area contributed by atoms with Crippen LogP contribution in [0, 0.1) is 0 Å². The molecule has 1 saturated heterocycles. The first-order chi connectivity index (χ1) is 13.7. The number of hydrogen-bond acceptors (Lipinski definition) is 3. The van der Waals surface area contributed by atoms with Gasteiger partial charge in [0.05, 0.1) is 6.61 Å². The van der Waals surface area contributed by atoms with E-state index in [2.05, 4.69) is 54.2 Å². The van der Waals surface area contributed by atoms with Crippen LogP contribution in [0.5, 0.6) is 5.75 Å². The summed E-state index contributed by atoms with van der Waals surface area (Å²) in [6, 6.07) is 12.6. The highest BCUT2D eigenvalue weighted by Gasteiger charge is 2.51. The topological polar surface area (TPSA) is 43.7 Å². The number of unbranched alkanes of at least 4 members (excludes halogenated alkanes) is 3. The van der Waals surface area contributed by atoms with Crippen molar-refractivity contribution in [2.24, 2.45) is 0 Å². The lowest BCUT2D eigenvalue weighted by Gasteiger charge is -2.42. The SMILES string of the molecule is CCCCCCOC(=O)N1CCC2(CC1)Oc1ccccc1C2n1cccc1. The molecule has 1 fully saturated rings. The third kappa shape index (κ3) is 3.62. The minimum atomic E-state index is -0.305. The summed E-state index contributed by atoms with van der Waals surface area (Å²) >= 11 is 0. The first kappa shape index (κ1) is 18.9. The fourth-order valence-electron chi connectivity index (χ4n) is 4.53. The van der Waals surface area contributed by atoms with E-state index in [0.29, 0.717) is 19.7 Å². The second-order valence-electron chi connectivity index (χ2n) is 7.90. The minimum absolute atomic E-state index is 0.144. The zero-order chi connectivity index (χ0) is 19.4. The number of hydrogen-bond donors (Lipinski definition) is 0. The molecule has 2 aliphatic heterocycles. The van der Waals surface area contributed by atoms with Crippen molar-refractivity contribution in [1.82, 2.24) is 9.47 Å². The Morgan fingerprint density at radius 1 is 1.11 bits per heavy atom. The van der Waals surface area contributed by atoms with Gasteiger partial charge >= 0.3 is 6.09 Å². The highest BCUT2D eigenvalue weighted by molar-refractivity contribution is 5.67. The molecule has 5 nitrogen and oxygen atoms in total. The Labute approximate surface area is 167 Å². The Morgan fingerprint density at radius 3 is 2.61 bits per heavy atom. The van der Waals surface area contributed by atoms with Crippen molar-refractivity contribution in [3.63, 3.8) is 0 Å². The van der Waals surface area contributed by atoms with Gasteiger partial charge in [0, 0.05) is 43.9 Å². The summed E-state index contributed by atoms with van der Waals surface area (Å²) in [5.74, 6) is 0.966. The molecule has 0 N–H and O–H groups in total. The number of benzene rings is 1. The number of para-hydroxylation sites is 1. The second kappa shape index (κ2) is 8.29. The highest BCUT2D eigenvalue weighted by Crippen LogP contribution is 2.50. The fourth-order valence-corrected chi connectivity index (χ4v) is 4.53. The number of ether oxygens (including phenoxy) is 2. The Hall–Kier alpha value is -2.43. The molecule has 0 saturated carbocycles. The van der Waals surface area contributed by atoms with Crippen LogP contribution < -0.4 is 4.74 Å². The molecule has 0 aliphatic carbocycles. The number of piperidine rings is 1. The largest absolute Gasteiger partial charge is 0.484 e. The molecule has 0 bridgehead atoms. The molecule has 2 aromatic rings. The number of rotatable bonds is 6. The molecule has 4 rings (SSSR count). The van der Waals surface area contributed by atoms with Crippen molar-refractivity contribution in [2.45, 2.75) is 57.1 Å². The molecule has 2 aliphatic rings. The first-order valence-corrected chi connectivity index (χ1v) is 10.6. The molecule has 1 aromatic carbocycles. The van der Waals surface area contributed by atoms with Gasteiger partial charge in [0.2, 0.25) is 0 Å². The Kier molecular flexibility index (Phi) is 5.60. The van der Waals surface area contributed by atoms with Crippen LogP contribution in [-0.4, -0.2) is 40.9 Å². The Balaban J connectivity index is 1.41. The van der Waals surface area contributed by atoms with Gasteiger partial charge in [0.15, 0.2) is 0 Å². The standard InChI is InChI=1S/C23H30N2O3/c1-2-3-4-9-18-27-22(26)25-16-12-23(13-17-25)21(24-14-7-8-15-24)19-10-5-6-11-20(19)28-23/h5-8,10-11,14-15,21H,2-4,9,12-13,16-18H2,1H3. The van der Waals surface area contributed by atoms with Gasteiger partial charge in [-0.1, -0.05) is 44.4 Å². The summed E-state index contributed by atoms with van der Waals surface area (Å²) in [6.45, 7) is 4.04. The summed E-state index contributed by atoms with van der Waals surface area (Å²) in [6.07, 6.45) is 10.1. The van der Waals surface area contributed by atoms with E-state index in [-0.39, 0.29) is 17.7 Å². The van der Waals surface area contributed by atoms with Gasteiger partial charge in [-0.05, 0) is 24.6 Å². The molecule has 0 radical (unpaired) electrons. The maximum absolute atomic E-state index is 12.4. The van der Waals surface area contributed by atoms with E-state index in [0.717, 1.165) is 31.4 Å². The second-order valence-corrected chi connectivity index (χ2v) is 7.90. The molecule has 1 amide bonds. The predicted octanol–water partition coefficient (Wildman–Crippen LogP) is 5.02. The summed E-state index contributed by atoms with van der Waals surface area (Å²) < 4.78 is 14.3. The maximum atomic E-state index is 12.4. The van der Waals surface area contributed by atoms with Crippen molar-refractivity contribution >= 4 is 6.09 Å². The van der Waals surface area contributed by atoms with Gasteiger partial charge in [-0.2, -0.15) is 0 Å². The van der Waals surface area contributed by atoms with Crippen LogP contribution in [0.15, 0.2) is 48.8 Å². The van der Waals surface area contributed by atoms with Crippen molar-refractivity contribution in [3.8, 4) is 5.75 Å². The molecule has 28 heavy (non-hydrogen) atoms. The van der Waals surface area contributed by atoms with Crippen LogP contribution >= 0.6 is 0 Å². The van der Waals surface area contributed by atoms with E-state index >= 15 is 0 Å². The van der Waals surface area contributed by atoms with Gasteiger partial charge in [0.1, 0.15) is 17.4 Å². The quantitative estimate of drug-likeness (QED) is 0.659. The molecule has 1 aromatic heterocycles. The molecule has 1 unspecified atom stereocenters. The molecular weight excluding hydrogens is 352 g/mol. The van der Waals surface area contributed by atoms with E-state index in [1.807, 2.05) is 11.0 Å². The van der Waals surface area contributed by atoms with Gasteiger partial charge in [-0.15, -0.1) is 0 Å². The highest BCUT2D eigenvalue weighted by atomic mass is 16.6. The molecule has 150 valence electrons. The molecule has 1 atom stereocenters. The maximum Gasteiger partial charge on any atom is 0.409 e. The Bertz CT molecular complexity index is 779. The van der Waals surface area contributed by atoms with Crippen molar-refractivity contribution < 1.29 is 14.3 Å². The van der Waals surface area contributed by atoms with Gasteiger partial charge in [-0.25, -0.2) is 4.79 Å². The predicted molar refractivity (Wildman–Crippen MR) is 109 cm³/mol. The zero-order valence-corrected chi connectivity index (χ0v) is 16.7. The van der Waals surface area contributed by atoms with Crippen LogP contribution in [0.4, 0.5) is 4.79 Å². The lowest BCUT2D eigenvalue weighted by atomic mass is 9.82. The number of likely N-dealkylation sites (tertiary alicyclic amines) is 1. The van der Waals surface area contributed by atoms with E-state index in [1.54, 1.807) is 0 Å². The summed E-state index contributed by atoms with van der Waals surface area (Å²) in [5.41, 5.74) is 0.923. The van der Waals surface area contributed by atoms with E-state index < -0.39 is 0 Å². The minimum Gasteiger partial charge on any atom is -0.484 e. The monoisotopic (exact) mass is 382 g/mol. The molecule has 3 heterocycles. The smallest absolute Gasteiger partial charge is 0.409 e. The van der Waals surface area contributed by atoms with Crippen LogP contribution in [0.25, 0.3) is 0 Å². The lowest BCUT2D eigenvalue weighted by molar-refractivity contribution is -0.00763. The van der Waals surface area contributed by atoms with Gasteiger partial charge in [-0.3, -0.25) is 0 Å².